The normalized spacial score (nSPS) is 27.2. The van der Waals surface area contributed by atoms with Gasteiger partial charge in [-0.15, -0.1) is 0 Å². The van der Waals surface area contributed by atoms with Gasteiger partial charge in [-0.1, -0.05) is 0 Å². The number of fused-ring (bicyclic) bond motifs is 4. The Morgan fingerprint density at radius 3 is 2.62 bits per heavy atom. The molecule has 0 spiro atoms. The Morgan fingerprint density at radius 2 is 1.97 bits per heavy atom. The van der Waals surface area contributed by atoms with E-state index in [0.717, 1.165) is 30.7 Å². The molecule has 0 radical (unpaired) electrons. The number of rotatable bonds is 7. The lowest BCUT2D eigenvalue weighted by Crippen LogP contribution is -2.54. The number of anilines is 1. The van der Waals surface area contributed by atoms with Gasteiger partial charge in [0.15, 0.2) is 0 Å². The van der Waals surface area contributed by atoms with Crippen molar-refractivity contribution in [3.8, 4) is 6.07 Å². The van der Waals surface area contributed by atoms with Crippen molar-refractivity contribution in [1.29, 1.82) is 5.26 Å². The SMILES string of the molecule is CC(C)(O)[C@H](F)CNC(=O)c1cnc(C2=CC=C3CC(C#N)=CN=[N+]32)cc1NC12CCC(O)(CC1)CC2. The summed E-state index contributed by atoms with van der Waals surface area (Å²) in [5.41, 5.74) is 1.20. The molecule has 3 fully saturated rings. The van der Waals surface area contributed by atoms with Crippen molar-refractivity contribution in [3.05, 3.63) is 53.1 Å². The molecule has 37 heavy (non-hydrogen) atoms. The zero-order chi connectivity index (χ0) is 26.4. The zero-order valence-corrected chi connectivity index (χ0v) is 21.1. The fourth-order valence-electron chi connectivity index (χ4n) is 5.42. The highest BCUT2D eigenvalue weighted by Gasteiger charge is 2.48. The van der Waals surface area contributed by atoms with Crippen LogP contribution in [0.1, 0.15) is 74.8 Å². The molecule has 0 unspecified atom stereocenters. The van der Waals surface area contributed by atoms with Crippen LogP contribution in [-0.4, -0.2) is 55.3 Å². The minimum Gasteiger partial charge on any atom is -0.390 e. The molecule has 9 nitrogen and oxygen atoms in total. The van der Waals surface area contributed by atoms with Crippen molar-refractivity contribution in [2.24, 2.45) is 5.11 Å². The summed E-state index contributed by atoms with van der Waals surface area (Å²) in [5, 5.41) is 40.4. The minimum absolute atomic E-state index is 0.249. The van der Waals surface area contributed by atoms with Crippen LogP contribution in [-0.2, 0) is 0 Å². The summed E-state index contributed by atoms with van der Waals surface area (Å²) in [5.74, 6) is -0.489. The van der Waals surface area contributed by atoms with Gasteiger partial charge in [-0.25, -0.2) is 9.37 Å². The van der Waals surface area contributed by atoms with E-state index in [2.05, 4.69) is 26.8 Å². The van der Waals surface area contributed by atoms with Crippen molar-refractivity contribution in [1.82, 2.24) is 10.3 Å². The molecule has 6 rings (SSSR count). The van der Waals surface area contributed by atoms with E-state index < -0.39 is 23.3 Å². The number of nitrogens with one attached hydrogen (secondary N) is 2. The highest BCUT2D eigenvalue weighted by atomic mass is 19.1. The van der Waals surface area contributed by atoms with Gasteiger partial charge >= 0.3 is 0 Å². The smallest absolute Gasteiger partial charge is 0.264 e. The van der Waals surface area contributed by atoms with E-state index in [1.807, 2.05) is 18.2 Å². The van der Waals surface area contributed by atoms with Gasteiger partial charge in [0.05, 0.1) is 47.1 Å². The number of nitriles is 1. The molecule has 2 aliphatic heterocycles. The molecule has 1 amide bonds. The predicted octanol–water partition coefficient (Wildman–Crippen LogP) is 3.68. The quantitative estimate of drug-likeness (QED) is 0.416. The van der Waals surface area contributed by atoms with Gasteiger partial charge < -0.3 is 20.8 Å². The van der Waals surface area contributed by atoms with Gasteiger partial charge in [-0.3, -0.25) is 4.79 Å². The van der Waals surface area contributed by atoms with E-state index in [4.69, 9.17) is 0 Å². The molecule has 3 saturated carbocycles. The van der Waals surface area contributed by atoms with E-state index >= 15 is 0 Å². The van der Waals surface area contributed by atoms with E-state index in [1.165, 1.54) is 26.2 Å². The molecule has 1 atom stereocenters. The molecule has 1 aromatic rings. The summed E-state index contributed by atoms with van der Waals surface area (Å²) < 4.78 is 16.1. The van der Waals surface area contributed by atoms with Crippen LogP contribution >= 0.6 is 0 Å². The third-order valence-corrected chi connectivity index (χ3v) is 8.00. The highest BCUT2D eigenvalue weighted by molar-refractivity contribution is 5.99. The summed E-state index contributed by atoms with van der Waals surface area (Å²) in [6.45, 7) is 2.38. The van der Waals surface area contributed by atoms with Gasteiger partial charge in [0.2, 0.25) is 5.70 Å². The Balaban J connectivity index is 1.45. The highest BCUT2D eigenvalue weighted by Crippen LogP contribution is 2.48. The second-order valence-electron chi connectivity index (χ2n) is 11.2. The standard InChI is InChI=1S/C27H31FN6O3/c1-25(2,36)23(28)16-31-24(35)19-15-30-21(22-4-3-18-11-17(13-29)14-32-34(18)22)12-20(19)33-26-5-8-27(37,9-6-26)10-7-26/h3-4,12,14-15,23,36-37H,5-11,16H2,1-2H3,(H-,30,31,33,35)/p+1/t23-,26?,27?/m1/s1. The molecule has 4 N–H and O–H groups in total. The number of pyridine rings is 1. The van der Waals surface area contributed by atoms with Crippen LogP contribution in [0.3, 0.4) is 0 Å². The number of carbonyl (C=O) groups is 1. The van der Waals surface area contributed by atoms with Crippen molar-refractivity contribution in [3.63, 3.8) is 0 Å². The van der Waals surface area contributed by atoms with Crippen LogP contribution in [0, 0.1) is 11.3 Å². The molecular formula is C27H32FN6O3+. The molecule has 1 aromatic heterocycles. The third-order valence-electron chi connectivity index (χ3n) is 8.00. The fraction of sp³-hybridized carbons (Fsp3) is 0.519. The topological polar surface area (TPSA) is 134 Å². The van der Waals surface area contributed by atoms with Gasteiger partial charge in [-0.05, 0) is 68.3 Å². The number of nitrogens with zero attached hydrogens (tertiary/aromatic N) is 4. The first-order chi connectivity index (χ1) is 17.5. The van der Waals surface area contributed by atoms with Crippen molar-refractivity contribution >= 4 is 17.3 Å². The Bertz CT molecular complexity index is 1280. The maximum absolute atomic E-state index is 14.3. The number of allylic oxidation sites excluding steroid dienone is 3. The van der Waals surface area contributed by atoms with Crippen molar-refractivity contribution in [2.45, 2.75) is 81.7 Å². The fourth-order valence-corrected chi connectivity index (χ4v) is 5.42. The predicted molar refractivity (Wildman–Crippen MR) is 134 cm³/mol. The lowest BCUT2D eigenvalue weighted by atomic mass is 9.63. The summed E-state index contributed by atoms with van der Waals surface area (Å²) in [6, 6.07) is 3.95. The van der Waals surface area contributed by atoms with Crippen LogP contribution in [0.15, 0.2) is 47.0 Å². The molecule has 194 valence electrons. The first-order valence-corrected chi connectivity index (χ1v) is 12.7. The number of alkyl halides is 1. The second-order valence-corrected chi connectivity index (χ2v) is 11.2. The third kappa shape index (κ3) is 4.93. The molecule has 5 aliphatic rings. The average molecular weight is 508 g/mol. The van der Waals surface area contributed by atoms with Crippen LogP contribution in [0.2, 0.25) is 0 Å². The Kier molecular flexibility index (Phi) is 6.24. The molecule has 0 saturated heterocycles. The maximum atomic E-state index is 14.3. The Labute approximate surface area is 215 Å². The minimum atomic E-state index is -1.63. The molecule has 2 bridgehead atoms. The Morgan fingerprint density at radius 1 is 1.27 bits per heavy atom. The van der Waals surface area contributed by atoms with E-state index in [-0.39, 0.29) is 17.6 Å². The van der Waals surface area contributed by atoms with Crippen LogP contribution in [0.4, 0.5) is 10.1 Å². The lowest BCUT2D eigenvalue weighted by molar-refractivity contribution is -0.449. The number of carbonyl (C=O) groups excluding carboxylic acids is 1. The number of aliphatic hydroxyl groups is 2. The van der Waals surface area contributed by atoms with Crippen LogP contribution < -0.4 is 10.6 Å². The number of halogens is 1. The number of azo groups is 2. The molecule has 3 heterocycles. The van der Waals surface area contributed by atoms with Crippen molar-refractivity contribution < 1.29 is 24.1 Å². The summed E-state index contributed by atoms with van der Waals surface area (Å²) in [4.78, 5) is 17.7. The van der Waals surface area contributed by atoms with E-state index in [1.54, 1.807) is 4.70 Å². The zero-order valence-electron chi connectivity index (χ0n) is 21.1. The number of hydrogen-bond donors (Lipinski definition) is 4. The average Bonchev–Trinajstić information content (AvgIpc) is 3.30. The van der Waals surface area contributed by atoms with Gasteiger partial charge in [0, 0.05) is 23.9 Å². The lowest BCUT2D eigenvalue weighted by Gasteiger charge is -2.51. The molecule has 0 aromatic carbocycles. The van der Waals surface area contributed by atoms with Gasteiger partial charge in [0.25, 0.3) is 11.6 Å². The monoisotopic (exact) mass is 507 g/mol. The summed E-state index contributed by atoms with van der Waals surface area (Å²) in [7, 11) is 0. The Hall–Kier alpha value is -3.42. The largest absolute Gasteiger partial charge is 0.390 e. The van der Waals surface area contributed by atoms with Crippen LogP contribution in [0.25, 0.3) is 5.70 Å². The van der Waals surface area contributed by atoms with Crippen LogP contribution in [0.5, 0.6) is 0 Å². The summed E-state index contributed by atoms with van der Waals surface area (Å²) in [6.07, 6.45) is 10.1. The number of amides is 1. The first kappa shape index (κ1) is 25.2. The number of aromatic nitrogens is 1. The second kappa shape index (κ2) is 9.15. The molecule has 3 aliphatic carbocycles. The first-order valence-electron chi connectivity index (χ1n) is 12.7. The maximum Gasteiger partial charge on any atom is 0.264 e. The van der Waals surface area contributed by atoms with E-state index in [9.17, 15) is 24.7 Å². The summed E-state index contributed by atoms with van der Waals surface area (Å²) >= 11 is 0. The van der Waals surface area contributed by atoms with Crippen molar-refractivity contribution in [2.75, 3.05) is 11.9 Å². The van der Waals surface area contributed by atoms with Gasteiger partial charge in [0.1, 0.15) is 18.1 Å². The molecular weight excluding hydrogens is 475 g/mol. The molecule has 10 heteroatoms. The van der Waals surface area contributed by atoms with Gasteiger partial charge in [-0.2, -0.15) is 5.26 Å². The number of hydrogen-bond acceptors (Lipinski definition) is 7. The van der Waals surface area contributed by atoms with E-state index in [0.29, 0.717) is 42.6 Å².